The number of ether oxygens (including phenoxy) is 1. The molecule has 0 fully saturated rings. The number of nitrogens with two attached hydrogens (primary N) is 1. The van der Waals surface area contributed by atoms with Crippen molar-refractivity contribution in [3.8, 4) is 5.88 Å². The Balaban J connectivity index is 2.24. The fourth-order valence-electron chi connectivity index (χ4n) is 1.31. The van der Waals surface area contributed by atoms with Crippen molar-refractivity contribution in [2.45, 2.75) is 6.61 Å². The molecule has 1 aromatic carbocycles. The predicted molar refractivity (Wildman–Crippen MR) is 69.8 cm³/mol. The first-order chi connectivity index (χ1) is 8.99. The molecule has 0 amide bonds. The molecule has 0 unspecified atom stereocenters. The van der Waals surface area contributed by atoms with Crippen LogP contribution >= 0.6 is 27.5 Å². The van der Waals surface area contributed by atoms with E-state index in [2.05, 4.69) is 25.9 Å². The molecule has 2 rings (SSSR count). The molecule has 0 atom stereocenters. The summed E-state index contributed by atoms with van der Waals surface area (Å²) in [4.78, 5) is 7.71. The number of nitrogen functional groups attached to an aromatic ring is 1. The van der Waals surface area contributed by atoms with E-state index < -0.39 is 11.6 Å². The Labute approximate surface area is 120 Å². The zero-order valence-corrected chi connectivity index (χ0v) is 11.7. The van der Waals surface area contributed by atoms with Crippen LogP contribution in [0, 0.1) is 11.6 Å². The highest BCUT2D eigenvalue weighted by atomic mass is 79.9. The number of anilines is 1. The molecule has 4 nitrogen and oxygen atoms in total. The van der Waals surface area contributed by atoms with Gasteiger partial charge in [0.1, 0.15) is 22.8 Å². The summed E-state index contributed by atoms with van der Waals surface area (Å²) in [6.45, 7) is -0.308. The number of rotatable bonds is 3. The lowest BCUT2D eigenvalue weighted by atomic mass is 10.2. The third kappa shape index (κ3) is 3.10. The maximum absolute atomic E-state index is 13.5. The molecule has 100 valence electrons. The Bertz CT molecular complexity index is 627. The first-order valence-corrected chi connectivity index (χ1v) is 6.19. The van der Waals surface area contributed by atoms with Gasteiger partial charge in [-0.2, -0.15) is 0 Å². The van der Waals surface area contributed by atoms with E-state index in [1.165, 1.54) is 6.20 Å². The summed E-state index contributed by atoms with van der Waals surface area (Å²) < 4.78 is 32.3. The van der Waals surface area contributed by atoms with E-state index in [9.17, 15) is 8.78 Å². The number of hydrogen-bond donors (Lipinski definition) is 1. The number of aromatic nitrogens is 2. The molecule has 0 saturated carbocycles. The third-order valence-corrected chi connectivity index (χ3v) is 3.02. The summed E-state index contributed by atoms with van der Waals surface area (Å²) in [5, 5.41) is -0.332. The molecule has 0 bridgehead atoms. The minimum Gasteiger partial charge on any atom is -0.470 e. The third-order valence-electron chi connectivity index (χ3n) is 2.23. The summed E-state index contributed by atoms with van der Waals surface area (Å²) >= 11 is 8.76. The highest BCUT2D eigenvalue weighted by molar-refractivity contribution is 9.10. The topological polar surface area (TPSA) is 61.0 Å². The fraction of sp³-hybridized carbons (Fsp3) is 0.0909. The Hall–Kier alpha value is -1.47. The summed E-state index contributed by atoms with van der Waals surface area (Å²) in [6.07, 6.45) is 1.39. The second-order valence-electron chi connectivity index (χ2n) is 3.49. The molecule has 1 heterocycles. The van der Waals surface area contributed by atoms with E-state index in [-0.39, 0.29) is 28.9 Å². The largest absolute Gasteiger partial charge is 0.470 e. The molecule has 2 aromatic rings. The number of nitrogens with zero attached hydrogens (tertiary/aromatic N) is 2. The molecule has 0 aliphatic carbocycles. The summed E-state index contributed by atoms with van der Waals surface area (Å²) in [5.74, 6) is -1.35. The average Bonchev–Trinajstić information content (AvgIpc) is 2.38. The SMILES string of the molecule is Nc1ncc(Br)nc1OCc1c(F)ccc(F)c1Cl. The smallest absolute Gasteiger partial charge is 0.258 e. The normalized spacial score (nSPS) is 10.5. The first-order valence-electron chi connectivity index (χ1n) is 5.02. The van der Waals surface area contributed by atoms with Gasteiger partial charge < -0.3 is 10.5 Å². The predicted octanol–water partition coefficient (Wildman–Crippen LogP) is 3.33. The van der Waals surface area contributed by atoms with E-state index in [0.29, 0.717) is 4.60 Å². The van der Waals surface area contributed by atoms with Crippen molar-refractivity contribution in [3.63, 3.8) is 0 Å². The van der Waals surface area contributed by atoms with Gasteiger partial charge in [-0.05, 0) is 28.1 Å². The van der Waals surface area contributed by atoms with Gasteiger partial charge in [0.2, 0.25) is 0 Å². The van der Waals surface area contributed by atoms with Crippen LogP contribution in [0.25, 0.3) is 0 Å². The number of benzene rings is 1. The van der Waals surface area contributed by atoms with E-state index >= 15 is 0 Å². The lowest BCUT2D eigenvalue weighted by Crippen LogP contribution is -2.05. The number of halogens is 4. The van der Waals surface area contributed by atoms with Crippen molar-refractivity contribution in [2.24, 2.45) is 0 Å². The first kappa shape index (κ1) is 14.0. The minimum absolute atomic E-state index is 0.00843. The van der Waals surface area contributed by atoms with E-state index in [4.69, 9.17) is 22.1 Å². The van der Waals surface area contributed by atoms with Gasteiger partial charge in [0, 0.05) is 5.56 Å². The van der Waals surface area contributed by atoms with Crippen LogP contribution in [0.15, 0.2) is 22.9 Å². The van der Waals surface area contributed by atoms with Crippen LogP contribution in [0.2, 0.25) is 5.02 Å². The molecule has 8 heteroatoms. The van der Waals surface area contributed by atoms with Gasteiger partial charge >= 0.3 is 0 Å². The van der Waals surface area contributed by atoms with Crippen molar-refractivity contribution in [2.75, 3.05) is 5.73 Å². The quantitative estimate of drug-likeness (QED) is 0.863. The van der Waals surface area contributed by atoms with Gasteiger partial charge in [-0.3, -0.25) is 0 Å². The molecular formula is C11H7BrClF2N3O. The van der Waals surface area contributed by atoms with Crippen LogP contribution in [0.4, 0.5) is 14.6 Å². The Morgan fingerprint density at radius 1 is 1.32 bits per heavy atom. The summed E-state index contributed by atoms with van der Waals surface area (Å²) in [5.41, 5.74) is 5.43. The van der Waals surface area contributed by atoms with Crippen molar-refractivity contribution in [1.82, 2.24) is 9.97 Å². The van der Waals surface area contributed by atoms with E-state index in [1.807, 2.05) is 0 Å². The standard InChI is InChI=1S/C11H7BrClF2N3O/c12-8-3-17-10(16)11(18-8)19-4-5-6(14)1-2-7(15)9(5)13/h1-3H,4H2,(H2,16,17). The van der Waals surface area contributed by atoms with Crippen molar-refractivity contribution >= 4 is 33.3 Å². The van der Waals surface area contributed by atoms with Crippen molar-refractivity contribution < 1.29 is 13.5 Å². The van der Waals surface area contributed by atoms with Crippen LogP contribution < -0.4 is 10.5 Å². The monoisotopic (exact) mass is 349 g/mol. The van der Waals surface area contributed by atoms with Gasteiger partial charge in [0.25, 0.3) is 5.88 Å². The van der Waals surface area contributed by atoms with Crippen LogP contribution in [-0.4, -0.2) is 9.97 Å². The molecule has 19 heavy (non-hydrogen) atoms. The molecule has 0 spiro atoms. The van der Waals surface area contributed by atoms with Gasteiger partial charge in [-0.25, -0.2) is 18.7 Å². The fourth-order valence-corrected chi connectivity index (χ4v) is 1.78. The van der Waals surface area contributed by atoms with Gasteiger partial charge in [-0.1, -0.05) is 11.6 Å². The second-order valence-corrected chi connectivity index (χ2v) is 4.68. The molecule has 0 saturated heterocycles. The van der Waals surface area contributed by atoms with Gasteiger partial charge in [-0.15, -0.1) is 0 Å². The molecular weight excluding hydrogens is 343 g/mol. The molecule has 0 aliphatic heterocycles. The maximum Gasteiger partial charge on any atom is 0.258 e. The zero-order valence-electron chi connectivity index (χ0n) is 9.33. The van der Waals surface area contributed by atoms with Gasteiger partial charge in [0.15, 0.2) is 5.82 Å². The second kappa shape index (κ2) is 5.66. The Kier molecular flexibility index (Phi) is 4.16. The Morgan fingerprint density at radius 3 is 2.74 bits per heavy atom. The minimum atomic E-state index is -0.727. The van der Waals surface area contributed by atoms with Crippen LogP contribution in [0.1, 0.15) is 5.56 Å². The maximum atomic E-state index is 13.5. The highest BCUT2D eigenvalue weighted by Crippen LogP contribution is 2.25. The molecule has 0 aliphatic rings. The highest BCUT2D eigenvalue weighted by Gasteiger charge is 2.14. The van der Waals surface area contributed by atoms with Gasteiger partial charge in [0.05, 0.1) is 11.2 Å². The van der Waals surface area contributed by atoms with Crippen LogP contribution in [-0.2, 0) is 6.61 Å². The lowest BCUT2D eigenvalue weighted by Gasteiger charge is -2.09. The zero-order chi connectivity index (χ0) is 14.0. The summed E-state index contributed by atoms with van der Waals surface area (Å²) in [6, 6.07) is 1.91. The molecule has 1 aromatic heterocycles. The van der Waals surface area contributed by atoms with E-state index in [0.717, 1.165) is 12.1 Å². The number of hydrogen-bond acceptors (Lipinski definition) is 4. The van der Waals surface area contributed by atoms with Crippen LogP contribution in [0.5, 0.6) is 5.88 Å². The lowest BCUT2D eigenvalue weighted by molar-refractivity contribution is 0.287. The van der Waals surface area contributed by atoms with Crippen molar-refractivity contribution in [3.05, 3.63) is 45.2 Å². The Morgan fingerprint density at radius 2 is 2.00 bits per heavy atom. The van der Waals surface area contributed by atoms with Crippen LogP contribution in [0.3, 0.4) is 0 Å². The molecule has 2 N–H and O–H groups in total. The average molecular weight is 351 g/mol. The van der Waals surface area contributed by atoms with E-state index in [1.54, 1.807) is 0 Å². The molecule has 0 radical (unpaired) electrons. The van der Waals surface area contributed by atoms with Crippen molar-refractivity contribution in [1.29, 1.82) is 0 Å². The summed E-state index contributed by atoms with van der Waals surface area (Å²) in [7, 11) is 0.